The van der Waals surface area contributed by atoms with Crippen molar-refractivity contribution in [2.75, 3.05) is 0 Å². The first-order chi connectivity index (χ1) is 9.79. The maximum absolute atomic E-state index is 12.5. The molecule has 0 bridgehead atoms. The molecule has 0 heterocycles. The van der Waals surface area contributed by atoms with E-state index in [1.807, 2.05) is 0 Å². The first kappa shape index (κ1) is 15.6. The lowest BCUT2D eigenvalue weighted by Gasteiger charge is -2.13. The molecule has 112 valence electrons. The highest BCUT2D eigenvalue weighted by Gasteiger charge is 2.30. The third kappa shape index (κ3) is 3.64. The zero-order chi connectivity index (χ0) is 15.6. The molecule has 0 amide bonds. The summed E-state index contributed by atoms with van der Waals surface area (Å²) in [5, 5.41) is -0.0484. The average molecular weight is 323 g/mol. The van der Waals surface area contributed by atoms with Crippen molar-refractivity contribution >= 4 is 11.6 Å². The van der Waals surface area contributed by atoms with Crippen LogP contribution in [-0.4, -0.2) is 6.61 Å². The first-order valence-corrected chi connectivity index (χ1v) is 6.08. The fourth-order valence-corrected chi connectivity index (χ4v) is 2.00. The molecule has 0 saturated carbocycles. The monoisotopic (exact) mass is 322 g/mol. The molecule has 21 heavy (non-hydrogen) atoms. The number of benzene rings is 2. The van der Waals surface area contributed by atoms with Crippen LogP contribution in [0.1, 0.15) is 5.56 Å². The second-order valence-electron chi connectivity index (χ2n) is 4.07. The Kier molecular flexibility index (Phi) is 4.37. The Morgan fingerprint density at radius 3 is 2.10 bits per heavy atom. The molecular weight excluding hydrogens is 315 g/mol. The van der Waals surface area contributed by atoms with Crippen LogP contribution in [0.3, 0.4) is 0 Å². The van der Waals surface area contributed by atoms with Gasteiger partial charge in [-0.25, -0.2) is 0 Å². The Morgan fingerprint density at radius 2 is 1.57 bits per heavy atom. The maximum Gasteiger partial charge on any atom is 0.416 e. The smallest absolute Gasteiger partial charge is 0.416 e. The summed E-state index contributed by atoms with van der Waals surface area (Å²) in [5.74, 6) is -0.270. The van der Waals surface area contributed by atoms with Gasteiger partial charge in [-0.1, -0.05) is 35.9 Å². The van der Waals surface area contributed by atoms with Gasteiger partial charge in [-0.2, -0.15) is 22.0 Å². The van der Waals surface area contributed by atoms with Crippen molar-refractivity contribution in [3.63, 3.8) is 0 Å². The molecule has 0 aliphatic heterocycles. The van der Waals surface area contributed by atoms with Crippen molar-refractivity contribution in [1.29, 1.82) is 0 Å². The minimum absolute atomic E-state index is 0.0484. The molecule has 0 fully saturated rings. The molecule has 0 unspecified atom stereocenters. The molecule has 7 heteroatoms. The van der Waals surface area contributed by atoms with Gasteiger partial charge in [0, 0.05) is 5.56 Å². The van der Waals surface area contributed by atoms with E-state index in [0.29, 0.717) is 5.56 Å². The second kappa shape index (κ2) is 5.89. The van der Waals surface area contributed by atoms with Crippen LogP contribution in [0.15, 0.2) is 42.5 Å². The Labute approximate surface area is 121 Å². The minimum Gasteiger partial charge on any atom is -0.433 e. The Hall–Kier alpha value is -1.82. The standard InChI is InChI=1S/C14H8ClF5O/c15-11-3-1-2-10(12(11)21-13(16)17)8-4-6-9(7-5-8)14(18,19)20/h1-7,13H. The lowest BCUT2D eigenvalue weighted by Crippen LogP contribution is -2.05. The van der Waals surface area contributed by atoms with Crippen molar-refractivity contribution in [1.82, 2.24) is 0 Å². The highest BCUT2D eigenvalue weighted by atomic mass is 35.5. The highest BCUT2D eigenvalue weighted by Crippen LogP contribution is 2.38. The molecule has 0 aromatic heterocycles. The molecule has 0 aliphatic rings. The molecule has 2 rings (SSSR count). The molecule has 2 aromatic carbocycles. The van der Waals surface area contributed by atoms with Gasteiger partial charge < -0.3 is 4.74 Å². The number of alkyl halides is 5. The molecule has 0 saturated heterocycles. The molecule has 1 nitrogen and oxygen atoms in total. The lowest BCUT2D eigenvalue weighted by molar-refractivity contribution is -0.137. The van der Waals surface area contributed by atoms with Gasteiger partial charge in [0.1, 0.15) is 0 Å². The summed E-state index contributed by atoms with van der Waals surface area (Å²) in [6.07, 6.45) is -4.46. The van der Waals surface area contributed by atoms with E-state index >= 15 is 0 Å². The fraction of sp³-hybridized carbons (Fsp3) is 0.143. The van der Waals surface area contributed by atoms with Crippen LogP contribution in [0.5, 0.6) is 5.75 Å². The normalized spacial score (nSPS) is 11.8. The topological polar surface area (TPSA) is 9.23 Å². The van der Waals surface area contributed by atoms with Crippen LogP contribution >= 0.6 is 11.6 Å². The number of halogens is 6. The van der Waals surface area contributed by atoms with Gasteiger partial charge in [-0.3, -0.25) is 0 Å². The van der Waals surface area contributed by atoms with E-state index in [0.717, 1.165) is 12.1 Å². The van der Waals surface area contributed by atoms with Gasteiger partial charge in [0.25, 0.3) is 0 Å². The number of para-hydroxylation sites is 1. The van der Waals surface area contributed by atoms with E-state index in [4.69, 9.17) is 11.6 Å². The van der Waals surface area contributed by atoms with Crippen LogP contribution in [0.2, 0.25) is 5.02 Å². The van der Waals surface area contributed by atoms with Crippen molar-refractivity contribution < 1.29 is 26.7 Å². The van der Waals surface area contributed by atoms with Crippen molar-refractivity contribution in [3.05, 3.63) is 53.1 Å². The second-order valence-corrected chi connectivity index (χ2v) is 4.48. The fourth-order valence-electron chi connectivity index (χ4n) is 1.78. The van der Waals surface area contributed by atoms with Gasteiger partial charge in [0.2, 0.25) is 0 Å². The number of hydrogen-bond acceptors (Lipinski definition) is 1. The highest BCUT2D eigenvalue weighted by molar-refractivity contribution is 6.32. The minimum atomic E-state index is -4.46. The van der Waals surface area contributed by atoms with Crippen LogP contribution in [-0.2, 0) is 6.18 Å². The summed E-state index contributed by atoms with van der Waals surface area (Å²) >= 11 is 5.79. The largest absolute Gasteiger partial charge is 0.433 e. The molecule has 0 aliphatic carbocycles. The summed E-state index contributed by atoms with van der Waals surface area (Å²) in [5.41, 5.74) is -0.345. The Bertz CT molecular complexity index is 622. The summed E-state index contributed by atoms with van der Waals surface area (Å²) < 4.78 is 66.6. The SMILES string of the molecule is FC(F)Oc1c(Cl)cccc1-c1ccc(C(F)(F)F)cc1. The zero-order valence-corrected chi connectivity index (χ0v) is 11.1. The first-order valence-electron chi connectivity index (χ1n) is 5.70. The number of rotatable bonds is 3. The Morgan fingerprint density at radius 1 is 0.952 bits per heavy atom. The van der Waals surface area contributed by atoms with Crippen molar-refractivity contribution in [2.45, 2.75) is 12.8 Å². The summed E-state index contributed by atoms with van der Waals surface area (Å²) in [6.45, 7) is -3.09. The maximum atomic E-state index is 12.5. The molecular formula is C14H8ClF5O. The third-order valence-electron chi connectivity index (χ3n) is 2.70. The lowest BCUT2D eigenvalue weighted by atomic mass is 10.0. The van der Waals surface area contributed by atoms with Crippen molar-refractivity contribution in [2.24, 2.45) is 0 Å². The van der Waals surface area contributed by atoms with Crippen molar-refractivity contribution in [3.8, 4) is 16.9 Å². The van der Waals surface area contributed by atoms with Crippen LogP contribution in [0, 0.1) is 0 Å². The molecule has 0 N–H and O–H groups in total. The van der Waals surface area contributed by atoms with E-state index in [9.17, 15) is 22.0 Å². The van der Waals surface area contributed by atoms with E-state index in [1.54, 1.807) is 0 Å². The summed E-state index contributed by atoms with van der Waals surface area (Å²) in [4.78, 5) is 0. The quantitative estimate of drug-likeness (QED) is 0.666. The van der Waals surface area contributed by atoms with E-state index in [2.05, 4.69) is 4.74 Å². The average Bonchev–Trinajstić information content (AvgIpc) is 2.40. The summed E-state index contributed by atoms with van der Waals surface area (Å²) in [6, 6.07) is 8.36. The molecule has 0 atom stereocenters. The predicted molar refractivity (Wildman–Crippen MR) is 68.5 cm³/mol. The van der Waals surface area contributed by atoms with Gasteiger partial charge in [-0.15, -0.1) is 0 Å². The number of ether oxygens (including phenoxy) is 1. The Balaban J connectivity index is 2.45. The van der Waals surface area contributed by atoms with Gasteiger partial charge in [0.15, 0.2) is 5.75 Å². The third-order valence-corrected chi connectivity index (χ3v) is 2.99. The van der Waals surface area contributed by atoms with Gasteiger partial charge in [0.05, 0.1) is 10.6 Å². The molecule has 0 radical (unpaired) electrons. The summed E-state index contributed by atoms with van der Waals surface area (Å²) in [7, 11) is 0. The van der Waals surface area contributed by atoms with E-state index in [1.165, 1.54) is 30.3 Å². The van der Waals surface area contributed by atoms with Crippen LogP contribution in [0.25, 0.3) is 11.1 Å². The van der Waals surface area contributed by atoms with E-state index < -0.39 is 18.4 Å². The van der Waals surface area contributed by atoms with Crippen LogP contribution in [0.4, 0.5) is 22.0 Å². The number of hydrogen-bond donors (Lipinski definition) is 0. The van der Waals surface area contributed by atoms with Crippen LogP contribution < -0.4 is 4.74 Å². The van der Waals surface area contributed by atoms with Gasteiger partial charge >= 0.3 is 12.8 Å². The molecule has 0 spiro atoms. The zero-order valence-electron chi connectivity index (χ0n) is 10.3. The van der Waals surface area contributed by atoms with E-state index in [-0.39, 0.29) is 16.3 Å². The molecule has 2 aromatic rings. The predicted octanol–water partition coefficient (Wildman–Crippen LogP) is 5.63. The van der Waals surface area contributed by atoms with Gasteiger partial charge in [-0.05, 0) is 23.8 Å².